The summed E-state index contributed by atoms with van der Waals surface area (Å²) in [5, 5.41) is 7.32. The van der Waals surface area contributed by atoms with Gasteiger partial charge < -0.3 is 14.5 Å². The monoisotopic (exact) mass is 393 g/mol. The van der Waals surface area contributed by atoms with Crippen molar-refractivity contribution in [3.8, 4) is 5.75 Å². The topological polar surface area (TPSA) is 69.3 Å². The zero-order valence-electron chi connectivity index (χ0n) is 17.2. The molecular formula is C23H27N3O3. The smallest absolute Gasteiger partial charge is 0.287 e. The minimum absolute atomic E-state index is 0.154. The number of aryl methyl sites for hydroxylation is 3. The van der Waals surface area contributed by atoms with Gasteiger partial charge in [-0.05, 0) is 75.4 Å². The molecule has 29 heavy (non-hydrogen) atoms. The van der Waals surface area contributed by atoms with Crippen LogP contribution in [0.2, 0.25) is 0 Å². The lowest BCUT2D eigenvalue weighted by atomic mass is 10.1. The minimum atomic E-state index is -0.245. The van der Waals surface area contributed by atoms with Crippen molar-refractivity contribution in [2.75, 3.05) is 0 Å². The van der Waals surface area contributed by atoms with Crippen molar-refractivity contribution in [2.24, 2.45) is 0 Å². The van der Waals surface area contributed by atoms with Crippen molar-refractivity contribution >= 4 is 5.91 Å². The van der Waals surface area contributed by atoms with Crippen LogP contribution in [0.5, 0.6) is 5.75 Å². The number of ether oxygens (including phenoxy) is 1. The lowest BCUT2D eigenvalue weighted by molar-refractivity contribution is 0.0907. The fourth-order valence-electron chi connectivity index (χ4n) is 3.92. The highest BCUT2D eigenvalue weighted by atomic mass is 16.5. The largest absolute Gasteiger partial charge is 0.486 e. The number of aromatic nitrogens is 2. The van der Waals surface area contributed by atoms with E-state index in [1.165, 1.54) is 17.5 Å². The molecule has 152 valence electrons. The molecule has 3 aromatic rings. The number of fused-ring (bicyclic) bond motifs is 1. The van der Waals surface area contributed by atoms with Crippen molar-refractivity contribution in [2.45, 2.75) is 59.2 Å². The Hall–Kier alpha value is -3.02. The van der Waals surface area contributed by atoms with Gasteiger partial charge in [-0.3, -0.25) is 9.48 Å². The van der Waals surface area contributed by atoms with Gasteiger partial charge in [-0.25, -0.2) is 0 Å². The van der Waals surface area contributed by atoms with Crippen LogP contribution in [0.1, 0.15) is 65.0 Å². The first-order valence-corrected chi connectivity index (χ1v) is 10.2. The number of furan rings is 1. The van der Waals surface area contributed by atoms with E-state index in [9.17, 15) is 4.79 Å². The molecule has 1 atom stereocenters. The van der Waals surface area contributed by atoms with Gasteiger partial charge in [-0.1, -0.05) is 6.07 Å². The van der Waals surface area contributed by atoms with Crippen molar-refractivity contribution in [3.63, 3.8) is 0 Å². The molecule has 0 aliphatic heterocycles. The van der Waals surface area contributed by atoms with Crippen LogP contribution in [0.25, 0.3) is 0 Å². The zero-order valence-corrected chi connectivity index (χ0v) is 17.2. The van der Waals surface area contributed by atoms with Crippen molar-refractivity contribution in [1.82, 2.24) is 15.1 Å². The number of nitrogens with one attached hydrogen (secondary N) is 1. The highest BCUT2D eigenvalue weighted by Gasteiger charge is 2.18. The number of rotatable bonds is 7. The summed E-state index contributed by atoms with van der Waals surface area (Å²) in [5.74, 6) is 1.50. The second-order valence-corrected chi connectivity index (χ2v) is 7.53. The molecule has 0 saturated carbocycles. The Kier molecular flexibility index (Phi) is 5.43. The number of carbonyl (C=O) groups excluding carboxylic acids is 1. The van der Waals surface area contributed by atoms with Crippen molar-refractivity contribution in [3.05, 3.63) is 70.4 Å². The Morgan fingerprint density at radius 1 is 1.28 bits per heavy atom. The SMILES string of the molecule is CCn1ncc(C(C)NC(=O)c2ccc(COc3ccc4c(c3)CCC4)o2)c1C. The summed E-state index contributed by atoms with van der Waals surface area (Å²) < 4.78 is 13.5. The van der Waals surface area contributed by atoms with Gasteiger partial charge in [0.25, 0.3) is 5.91 Å². The Bertz CT molecular complexity index is 1020. The Morgan fingerprint density at radius 2 is 2.10 bits per heavy atom. The van der Waals surface area contributed by atoms with E-state index >= 15 is 0 Å². The predicted molar refractivity (Wildman–Crippen MR) is 110 cm³/mol. The second kappa shape index (κ2) is 8.15. The molecule has 1 N–H and O–H groups in total. The molecule has 1 aromatic carbocycles. The summed E-state index contributed by atoms with van der Waals surface area (Å²) in [6.07, 6.45) is 5.30. The maximum atomic E-state index is 12.6. The van der Waals surface area contributed by atoms with Crippen molar-refractivity contribution < 1.29 is 13.9 Å². The van der Waals surface area contributed by atoms with Crippen LogP contribution in [-0.2, 0) is 26.0 Å². The molecule has 0 fully saturated rings. The third kappa shape index (κ3) is 4.06. The van der Waals surface area contributed by atoms with E-state index in [2.05, 4.69) is 22.5 Å². The number of hydrogen-bond acceptors (Lipinski definition) is 4. The molecule has 1 aliphatic carbocycles. The zero-order chi connectivity index (χ0) is 20.4. The van der Waals surface area contributed by atoms with Crippen LogP contribution in [-0.4, -0.2) is 15.7 Å². The quantitative estimate of drug-likeness (QED) is 0.647. The first kappa shape index (κ1) is 19.3. The van der Waals surface area contributed by atoms with Crippen LogP contribution in [0.15, 0.2) is 40.9 Å². The summed E-state index contributed by atoms with van der Waals surface area (Å²) in [5.41, 5.74) is 4.86. The molecule has 1 aliphatic rings. The summed E-state index contributed by atoms with van der Waals surface area (Å²) in [6, 6.07) is 9.57. The van der Waals surface area contributed by atoms with E-state index in [1.54, 1.807) is 12.1 Å². The minimum Gasteiger partial charge on any atom is -0.486 e. The van der Waals surface area contributed by atoms with Gasteiger partial charge >= 0.3 is 0 Å². The highest BCUT2D eigenvalue weighted by molar-refractivity contribution is 5.91. The molecule has 1 amide bonds. The number of carbonyl (C=O) groups is 1. The molecule has 0 saturated heterocycles. The van der Waals surface area contributed by atoms with E-state index in [4.69, 9.17) is 9.15 Å². The van der Waals surface area contributed by atoms with Crippen LogP contribution in [0.3, 0.4) is 0 Å². The second-order valence-electron chi connectivity index (χ2n) is 7.53. The predicted octanol–water partition coefficient (Wildman–Crippen LogP) is 4.36. The van der Waals surface area contributed by atoms with Gasteiger partial charge in [0, 0.05) is 17.8 Å². The Labute approximate surface area is 170 Å². The van der Waals surface area contributed by atoms with E-state index in [0.717, 1.165) is 36.4 Å². The molecule has 6 heteroatoms. The molecular weight excluding hydrogens is 366 g/mol. The highest BCUT2D eigenvalue weighted by Crippen LogP contribution is 2.26. The van der Waals surface area contributed by atoms with Gasteiger partial charge in [0.2, 0.25) is 0 Å². The summed E-state index contributed by atoms with van der Waals surface area (Å²) in [7, 11) is 0. The van der Waals surface area contributed by atoms with E-state index in [1.807, 2.05) is 37.7 Å². The molecule has 0 spiro atoms. The molecule has 2 aromatic heterocycles. The number of amides is 1. The van der Waals surface area contributed by atoms with E-state index < -0.39 is 0 Å². The summed E-state index contributed by atoms with van der Waals surface area (Å²) >= 11 is 0. The molecule has 0 radical (unpaired) electrons. The number of benzene rings is 1. The number of hydrogen-bond donors (Lipinski definition) is 1. The first-order valence-electron chi connectivity index (χ1n) is 10.2. The van der Waals surface area contributed by atoms with Crippen LogP contribution in [0, 0.1) is 6.92 Å². The fourth-order valence-corrected chi connectivity index (χ4v) is 3.92. The lowest BCUT2D eigenvalue weighted by Gasteiger charge is -2.13. The summed E-state index contributed by atoms with van der Waals surface area (Å²) in [6.45, 7) is 7.10. The third-order valence-electron chi connectivity index (χ3n) is 5.59. The summed E-state index contributed by atoms with van der Waals surface area (Å²) in [4.78, 5) is 12.6. The van der Waals surface area contributed by atoms with Crippen LogP contribution < -0.4 is 10.1 Å². The van der Waals surface area contributed by atoms with E-state index in [-0.39, 0.29) is 17.7 Å². The third-order valence-corrected chi connectivity index (χ3v) is 5.59. The molecule has 0 bridgehead atoms. The van der Waals surface area contributed by atoms with Gasteiger partial charge in [-0.2, -0.15) is 5.10 Å². The van der Waals surface area contributed by atoms with Crippen molar-refractivity contribution in [1.29, 1.82) is 0 Å². The molecule has 6 nitrogen and oxygen atoms in total. The van der Waals surface area contributed by atoms with Gasteiger partial charge in [-0.15, -0.1) is 0 Å². The van der Waals surface area contributed by atoms with E-state index in [0.29, 0.717) is 12.4 Å². The van der Waals surface area contributed by atoms with Gasteiger partial charge in [0.05, 0.1) is 12.2 Å². The molecule has 1 unspecified atom stereocenters. The van der Waals surface area contributed by atoms with Crippen LogP contribution >= 0.6 is 0 Å². The van der Waals surface area contributed by atoms with Gasteiger partial charge in [0.15, 0.2) is 5.76 Å². The first-order chi connectivity index (χ1) is 14.0. The Morgan fingerprint density at radius 3 is 2.90 bits per heavy atom. The number of nitrogens with zero attached hydrogens (tertiary/aromatic N) is 2. The lowest BCUT2D eigenvalue weighted by Crippen LogP contribution is -2.26. The normalized spacial score (nSPS) is 13.9. The average Bonchev–Trinajstić information content (AvgIpc) is 3.45. The Balaban J connectivity index is 1.35. The standard InChI is InChI=1S/C23H27N3O3/c1-4-26-16(3)21(13-24-26)15(2)25-23(27)22-11-10-20(29-22)14-28-19-9-8-17-6-5-7-18(17)12-19/h8-13,15H,4-7,14H2,1-3H3,(H,25,27). The fraction of sp³-hybridized carbons (Fsp3) is 0.391. The molecule has 4 rings (SSSR count). The molecule has 2 heterocycles. The van der Waals surface area contributed by atoms with Crippen LogP contribution in [0.4, 0.5) is 0 Å². The average molecular weight is 393 g/mol. The maximum absolute atomic E-state index is 12.6. The van der Waals surface area contributed by atoms with Gasteiger partial charge in [0.1, 0.15) is 18.1 Å². The maximum Gasteiger partial charge on any atom is 0.287 e.